The number of aliphatic carboxylic acids is 1. The first-order chi connectivity index (χ1) is 9.41. The van der Waals surface area contributed by atoms with Gasteiger partial charge < -0.3 is 14.7 Å². The number of halogens is 2. The summed E-state index contributed by atoms with van der Waals surface area (Å²) in [6.07, 6.45) is 0. The van der Waals surface area contributed by atoms with Crippen molar-refractivity contribution in [2.45, 2.75) is 6.04 Å². The second-order valence-corrected chi connectivity index (χ2v) is 5.44. The molecule has 1 heterocycles. The summed E-state index contributed by atoms with van der Waals surface area (Å²) in [6, 6.07) is 3.22. The van der Waals surface area contributed by atoms with E-state index >= 15 is 0 Å². The molecule has 1 saturated heterocycles. The van der Waals surface area contributed by atoms with Gasteiger partial charge in [-0.25, -0.2) is 4.39 Å². The Morgan fingerprint density at radius 2 is 2.15 bits per heavy atom. The van der Waals surface area contributed by atoms with Crippen LogP contribution in [0, 0.1) is 11.7 Å². The molecule has 1 aromatic carbocycles. The molecule has 108 valence electrons. The summed E-state index contributed by atoms with van der Waals surface area (Å²) in [7, 11) is 1.52. The SMILES string of the molecule is CN(C(=O)c1ccc(F)cc1Br)C1COCC1C(=O)O. The van der Waals surface area contributed by atoms with E-state index in [2.05, 4.69) is 15.9 Å². The van der Waals surface area contributed by atoms with Crippen molar-refractivity contribution in [3.8, 4) is 0 Å². The summed E-state index contributed by atoms with van der Waals surface area (Å²) in [6.45, 7) is 0.264. The third kappa shape index (κ3) is 2.83. The van der Waals surface area contributed by atoms with Gasteiger partial charge in [0.1, 0.15) is 11.7 Å². The fraction of sp³-hybridized carbons (Fsp3) is 0.385. The second kappa shape index (κ2) is 5.88. The Hall–Kier alpha value is -1.47. The minimum absolute atomic E-state index is 0.0855. The predicted octanol–water partition coefficient (Wildman–Crippen LogP) is 1.76. The first-order valence-corrected chi connectivity index (χ1v) is 6.74. The number of rotatable bonds is 3. The van der Waals surface area contributed by atoms with Crippen LogP contribution in [0.3, 0.4) is 0 Å². The molecule has 2 atom stereocenters. The number of ether oxygens (including phenoxy) is 1. The first kappa shape index (κ1) is 14.9. The van der Waals surface area contributed by atoms with Crippen molar-refractivity contribution in [1.29, 1.82) is 0 Å². The van der Waals surface area contributed by atoms with Gasteiger partial charge >= 0.3 is 5.97 Å². The summed E-state index contributed by atoms with van der Waals surface area (Å²) in [5, 5.41) is 9.10. The number of amides is 1. The minimum atomic E-state index is -0.995. The van der Waals surface area contributed by atoms with Crippen molar-refractivity contribution in [2.75, 3.05) is 20.3 Å². The summed E-state index contributed by atoms with van der Waals surface area (Å²) in [4.78, 5) is 24.8. The third-order valence-corrected chi connectivity index (χ3v) is 4.00. The molecule has 20 heavy (non-hydrogen) atoms. The number of nitrogens with zero attached hydrogens (tertiary/aromatic N) is 1. The van der Waals surface area contributed by atoms with Gasteiger partial charge in [0, 0.05) is 11.5 Å². The average molecular weight is 346 g/mol. The lowest BCUT2D eigenvalue weighted by molar-refractivity contribution is -0.142. The van der Waals surface area contributed by atoms with E-state index in [1.165, 1.54) is 30.1 Å². The van der Waals surface area contributed by atoms with E-state index in [0.717, 1.165) is 0 Å². The number of carboxylic acid groups (broad SMARTS) is 1. The number of likely N-dealkylation sites (N-methyl/N-ethyl adjacent to an activating group) is 1. The molecule has 1 aliphatic rings. The monoisotopic (exact) mass is 345 g/mol. The van der Waals surface area contributed by atoms with E-state index in [1.54, 1.807) is 0 Å². The molecule has 1 N–H and O–H groups in total. The topological polar surface area (TPSA) is 66.8 Å². The molecule has 1 aliphatic heterocycles. The van der Waals surface area contributed by atoms with Gasteiger partial charge in [-0.05, 0) is 34.1 Å². The molecule has 1 aromatic rings. The van der Waals surface area contributed by atoms with Crippen LogP contribution in [0.1, 0.15) is 10.4 Å². The van der Waals surface area contributed by atoms with Crippen LogP contribution in [0.15, 0.2) is 22.7 Å². The quantitative estimate of drug-likeness (QED) is 0.906. The van der Waals surface area contributed by atoms with E-state index in [4.69, 9.17) is 9.84 Å². The standard InChI is InChI=1S/C13H13BrFNO4/c1-16(11-6-20-5-9(11)13(18)19)12(17)8-3-2-7(15)4-10(8)14/h2-4,9,11H,5-6H2,1H3,(H,18,19). The number of carbonyl (C=O) groups excluding carboxylic acids is 1. The highest BCUT2D eigenvalue weighted by Gasteiger charge is 2.38. The molecular weight excluding hydrogens is 333 g/mol. The lowest BCUT2D eigenvalue weighted by Gasteiger charge is -2.26. The molecule has 0 spiro atoms. The zero-order chi connectivity index (χ0) is 14.9. The van der Waals surface area contributed by atoms with E-state index in [9.17, 15) is 14.0 Å². The molecule has 5 nitrogen and oxygen atoms in total. The normalized spacial score (nSPS) is 21.8. The Morgan fingerprint density at radius 3 is 2.75 bits per heavy atom. The Kier molecular flexibility index (Phi) is 4.39. The van der Waals surface area contributed by atoms with Crippen molar-refractivity contribution < 1.29 is 23.8 Å². The van der Waals surface area contributed by atoms with Gasteiger partial charge in [-0.1, -0.05) is 0 Å². The fourth-order valence-corrected chi connectivity index (χ4v) is 2.68. The van der Waals surface area contributed by atoms with Crippen molar-refractivity contribution >= 4 is 27.8 Å². The lowest BCUT2D eigenvalue weighted by atomic mass is 10.0. The Morgan fingerprint density at radius 1 is 1.45 bits per heavy atom. The highest BCUT2D eigenvalue weighted by atomic mass is 79.9. The van der Waals surface area contributed by atoms with Gasteiger partial charge in [-0.3, -0.25) is 9.59 Å². The van der Waals surface area contributed by atoms with Crippen LogP contribution in [0.4, 0.5) is 4.39 Å². The molecule has 7 heteroatoms. The summed E-state index contributed by atoms with van der Waals surface area (Å²) < 4.78 is 18.5. The summed E-state index contributed by atoms with van der Waals surface area (Å²) in [5.74, 6) is -2.57. The van der Waals surface area contributed by atoms with Crippen LogP contribution < -0.4 is 0 Å². The predicted molar refractivity (Wildman–Crippen MR) is 71.9 cm³/mol. The van der Waals surface area contributed by atoms with Gasteiger partial charge in [0.25, 0.3) is 5.91 Å². The Labute approximate surface area is 123 Å². The maximum atomic E-state index is 13.0. The fourth-order valence-electron chi connectivity index (χ4n) is 2.16. The van der Waals surface area contributed by atoms with Crippen LogP contribution in [0.25, 0.3) is 0 Å². The Bertz CT molecular complexity index is 551. The number of hydrogen-bond donors (Lipinski definition) is 1. The first-order valence-electron chi connectivity index (χ1n) is 5.94. The van der Waals surface area contributed by atoms with Crippen molar-refractivity contribution in [3.05, 3.63) is 34.1 Å². The largest absolute Gasteiger partial charge is 0.481 e. The Balaban J connectivity index is 2.22. The zero-order valence-corrected chi connectivity index (χ0v) is 12.3. The van der Waals surface area contributed by atoms with E-state index in [1.807, 2.05) is 0 Å². The van der Waals surface area contributed by atoms with Gasteiger partial charge in [-0.2, -0.15) is 0 Å². The van der Waals surface area contributed by atoms with E-state index in [0.29, 0.717) is 4.47 Å². The highest BCUT2D eigenvalue weighted by Crippen LogP contribution is 2.24. The molecule has 1 amide bonds. The van der Waals surface area contributed by atoms with Gasteiger partial charge in [0.15, 0.2) is 0 Å². The van der Waals surface area contributed by atoms with Crippen molar-refractivity contribution in [3.63, 3.8) is 0 Å². The van der Waals surface area contributed by atoms with Crippen LogP contribution in [-0.2, 0) is 9.53 Å². The molecule has 0 saturated carbocycles. The number of carboxylic acids is 1. The second-order valence-electron chi connectivity index (χ2n) is 4.59. The molecule has 0 aromatic heterocycles. The minimum Gasteiger partial charge on any atom is -0.481 e. The number of carbonyl (C=O) groups is 2. The van der Waals surface area contributed by atoms with Crippen molar-refractivity contribution in [1.82, 2.24) is 4.90 Å². The summed E-state index contributed by atoms with van der Waals surface area (Å²) >= 11 is 3.13. The molecule has 0 aliphatic carbocycles. The molecule has 0 radical (unpaired) electrons. The van der Waals surface area contributed by atoms with E-state index < -0.39 is 23.7 Å². The van der Waals surface area contributed by atoms with Crippen molar-refractivity contribution in [2.24, 2.45) is 5.92 Å². The van der Waals surface area contributed by atoms with Crippen LogP contribution in [0.5, 0.6) is 0 Å². The average Bonchev–Trinajstić information content (AvgIpc) is 2.86. The van der Waals surface area contributed by atoms with Crippen LogP contribution >= 0.6 is 15.9 Å². The number of hydrogen-bond acceptors (Lipinski definition) is 3. The van der Waals surface area contributed by atoms with Gasteiger partial charge in [-0.15, -0.1) is 0 Å². The number of benzene rings is 1. The van der Waals surface area contributed by atoms with Crippen LogP contribution in [-0.4, -0.2) is 48.2 Å². The van der Waals surface area contributed by atoms with Crippen LogP contribution in [0.2, 0.25) is 0 Å². The molecular formula is C13H13BrFNO4. The highest BCUT2D eigenvalue weighted by molar-refractivity contribution is 9.10. The molecule has 2 unspecified atom stereocenters. The summed E-state index contributed by atoms with van der Waals surface area (Å²) in [5.41, 5.74) is 0.282. The zero-order valence-electron chi connectivity index (χ0n) is 10.7. The molecule has 1 fully saturated rings. The molecule has 2 rings (SSSR count). The maximum Gasteiger partial charge on any atom is 0.311 e. The third-order valence-electron chi connectivity index (χ3n) is 3.35. The lowest BCUT2D eigenvalue weighted by Crippen LogP contribution is -2.44. The maximum absolute atomic E-state index is 13.0. The smallest absolute Gasteiger partial charge is 0.311 e. The van der Waals surface area contributed by atoms with E-state index in [-0.39, 0.29) is 24.7 Å². The van der Waals surface area contributed by atoms with Gasteiger partial charge in [0.2, 0.25) is 0 Å². The van der Waals surface area contributed by atoms with Gasteiger partial charge in [0.05, 0.1) is 24.8 Å². The molecule has 0 bridgehead atoms.